The maximum atomic E-state index is 12.5. The van der Waals surface area contributed by atoms with Crippen LogP contribution in [-0.2, 0) is 4.79 Å². The highest BCUT2D eigenvalue weighted by Crippen LogP contribution is 2.13. The molecular weight excluding hydrogens is 879 g/mol. The second kappa shape index (κ2) is 61.1. The number of carbonyl (C=O) groups excluding carboxylic acids is 1. The lowest BCUT2D eigenvalue weighted by atomic mass is 10.1. The summed E-state index contributed by atoms with van der Waals surface area (Å²) in [5, 5.41) is 23.1. The van der Waals surface area contributed by atoms with Gasteiger partial charge >= 0.3 is 0 Å². The van der Waals surface area contributed by atoms with Gasteiger partial charge in [-0.2, -0.15) is 0 Å². The van der Waals surface area contributed by atoms with E-state index in [1.54, 1.807) is 6.08 Å². The SMILES string of the molecule is CC/C=C\C/C=C\C/C=C\C/C=C\C/C=C\C/C=C\C/C=C\C/C=C\C/C=C\C/C=C\C/C=C\CCCCCCCCCC(=O)NC(CO)C(O)/C=C/CC/C=C/CC/C=C/CCCCCCCCCCC. The first-order valence-electron chi connectivity index (χ1n) is 29.3. The van der Waals surface area contributed by atoms with Gasteiger partial charge in [-0.15, -0.1) is 0 Å². The van der Waals surface area contributed by atoms with Crippen LogP contribution in [0, 0.1) is 0 Å². The number of carbonyl (C=O) groups is 1. The summed E-state index contributed by atoms with van der Waals surface area (Å²) in [6.45, 7) is 4.16. The highest BCUT2D eigenvalue weighted by molar-refractivity contribution is 5.76. The van der Waals surface area contributed by atoms with E-state index in [9.17, 15) is 15.0 Å². The largest absolute Gasteiger partial charge is 0.394 e. The van der Waals surface area contributed by atoms with E-state index in [1.807, 2.05) is 6.08 Å². The molecule has 0 aliphatic carbocycles. The number of rotatable bonds is 51. The molecule has 4 heteroatoms. The van der Waals surface area contributed by atoms with Crippen LogP contribution >= 0.6 is 0 Å². The molecule has 1 amide bonds. The zero-order chi connectivity index (χ0) is 52.0. The Morgan fingerprint density at radius 1 is 0.347 bits per heavy atom. The van der Waals surface area contributed by atoms with Gasteiger partial charge in [-0.1, -0.05) is 267 Å². The molecule has 2 unspecified atom stereocenters. The molecule has 4 nitrogen and oxygen atoms in total. The highest BCUT2D eigenvalue weighted by atomic mass is 16.3. The normalized spacial score (nSPS) is 14.1. The molecule has 0 saturated carbocycles. The van der Waals surface area contributed by atoms with Crippen LogP contribution in [0.1, 0.15) is 232 Å². The summed E-state index contributed by atoms with van der Waals surface area (Å²) in [6.07, 6.45) is 99.4. The molecule has 0 heterocycles. The van der Waals surface area contributed by atoms with Crippen LogP contribution in [0.3, 0.4) is 0 Å². The van der Waals surface area contributed by atoms with Gasteiger partial charge in [-0.25, -0.2) is 0 Å². The van der Waals surface area contributed by atoms with Gasteiger partial charge in [0, 0.05) is 6.42 Å². The average molecular weight is 989 g/mol. The Kier molecular flexibility index (Phi) is 57.4. The standard InChI is InChI=1S/C68H109NO3/c1-3-5-7-9-11-13-15-17-19-21-23-24-25-26-27-28-29-30-31-32-33-34-35-36-37-38-39-40-41-42-43-44-46-48-50-52-54-56-58-60-62-64-68(72)69-66(65-70)67(71)63-61-59-57-55-53-51-49-47-45-22-20-18-16-14-12-10-8-6-4-2/h5,7,11,13,17,19,23-24,26-27,29-30,32-33,35-36,38-39,41-42,44-47,53,55,61,63,66-67,70-71H,3-4,6,8-10,12,14-16,18,20-22,25,28,31,34,37,40,43,48-52,54,56-60,62,64-65H2,1-2H3,(H,69,72)/b7-5-,13-11-,19-17-,24-23-,27-26-,30-29-,33-32-,36-35-,39-38-,42-41-,46-44-,47-45+,55-53+,63-61+. The van der Waals surface area contributed by atoms with E-state index in [2.05, 4.69) is 177 Å². The van der Waals surface area contributed by atoms with E-state index < -0.39 is 12.1 Å². The molecule has 0 aliphatic heterocycles. The number of unbranched alkanes of at least 4 members (excludes halogenated alkanes) is 18. The highest BCUT2D eigenvalue weighted by Gasteiger charge is 2.17. The van der Waals surface area contributed by atoms with Gasteiger partial charge in [0.1, 0.15) is 0 Å². The molecular formula is C68H109NO3. The molecule has 72 heavy (non-hydrogen) atoms. The summed E-state index contributed by atoms with van der Waals surface area (Å²) in [5.74, 6) is -0.0963. The lowest BCUT2D eigenvalue weighted by Crippen LogP contribution is -2.45. The molecule has 0 radical (unpaired) electrons. The minimum absolute atomic E-state index is 0.0963. The minimum Gasteiger partial charge on any atom is -0.394 e. The van der Waals surface area contributed by atoms with Crippen LogP contribution in [0.25, 0.3) is 0 Å². The van der Waals surface area contributed by atoms with Crippen LogP contribution in [0.2, 0.25) is 0 Å². The molecule has 404 valence electrons. The van der Waals surface area contributed by atoms with Crippen LogP contribution < -0.4 is 5.32 Å². The maximum Gasteiger partial charge on any atom is 0.220 e. The summed E-state index contributed by atoms with van der Waals surface area (Å²) in [6, 6.07) is -0.665. The van der Waals surface area contributed by atoms with E-state index >= 15 is 0 Å². The van der Waals surface area contributed by atoms with Gasteiger partial charge in [-0.3, -0.25) is 4.79 Å². The Hall–Kier alpha value is -4.25. The Bertz CT molecular complexity index is 1590. The van der Waals surface area contributed by atoms with Crippen LogP contribution in [0.15, 0.2) is 170 Å². The lowest BCUT2D eigenvalue weighted by molar-refractivity contribution is -0.123. The molecule has 0 saturated heterocycles. The van der Waals surface area contributed by atoms with Crippen molar-refractivity contribution in [3.8, 4) is 0 Å². The van der Waals surface area contributed by atoms with Crippen molar-refractivity contribution < 1.29 is 15.0 Å². The van der Waals surface area contributed by atoms with Crippen molar-refractivity contribution in [3.05, 3.63) is 170 Å². The number of allylic oxidation sites excluding steroid dienone is 27. The van der Waals surface area contributed by atoms with Crippen molar-refractivity contribution in [3.63, 3.8) is 0 Å². The van der Waals surface area contributed by atoms with E-state index in [4.69, 9.17) is 0 Å². The Labute approximate surface area is 445 Å². The van der Waals surface area contributed by atoms with Crippen molar-refractivity contribution >= 4 is 5.91 Å². The summed E-state index contributed by atoms with van der Waals surface area (Å²) < 4.78 is 0. The van der Waals surface area contributed by atoms with Crippen molar-refractivity contribution in [2.75, 3.05) is 6.61 Å². The van der Waals surface area contributed by atoms with Gasteiger partial charge in [0.15, 0.2) is 0 Å². The third-order valence-corrected chi connectivity index (χ3v) is 12.2. The Morgan fingerprint density at radius 2 is 0.625 bits per heavy atom. The summed E-state index contributed by atoms with van der Waals surface area (Å²) in [4.78, 5) is 12.5. The molecule has 0 rings (SSSR count). The monoisotopic (exact) mass is 988 g/mol. The zero-order valence-corrected chi connectivity index (χ0v) is 46.4. The van der Waals surface area contributed by atoms with Crippen molar-refractivity contribution in [1.82, 2.24) is 5.32 Å². The predicted molar refractivity (Wildman–Crippen MR) is 321 cm³/mol. The first kappa shape index (κ1) is 67.8. The van der Waals surface area contributed by atoms with Gasteiger partial charge in [0.2, 0.25) is 5.91 Å². The van der Waals surface area contributed by atoms with Crippen LogP contribution in [-0.4, -0.2) is 34.9 Å². The summed E-state index contributed by atoms with van der Waals surface area (Å²) in [5.41, 5.74) is 0. The summed E-state index contributed by atoms with van der Waals surface area (Å²) >= 11 is 0. The van der Waals surface area contributed by atoms with Gasteiger partial charge < -0.3 is 15.5 Å². The fourth-order valence-corrected chi connectivity index (χ4v) is 7.74. The van der Waals surface area contributed by atoms with Crippen molar-refractivity contribution in [2.45, 2.75) is 244 Å². The topological polar surface area (TPSA) is 69.6 Å². The van der Waals surface area contributed by atoms with Gasteiger partial charge in [-0.05, 0) is 128 Å². The maximum absolute atomic E-state index is 12.5. The number of nitrogens with one attached hydrogen (secondary N) is 1. The minimum atomic E-state index is -0.887. The number of amides is 1. The molecule has 2 atom stereocenters. The quantitative estimate of drug-likeness (QED) is 0.0420. The molecule has 0 aromatic carbocycles. The molecule has 0 aromatic rings. The van der Waals surface area contributed by atoms with E-state index in [0.717, 1.165) is 122 Å². The van der Waals surface area contributed by atoms with Crippen LogP contribution in [0.4, 0.5) is 0 Å². The fraction of sp³-hybridized carbons (Fsp3) is 0.574. The average Bonchev–Trinajstić information content (AvgIpc) is 3.39. The number of hydrogen-bond acceptors (Lipinski definition) is 3. The van der Waals surface area contributed by atoms with E-state index in [1.165, 1.54) is 89.9 Å². The third kappa shape index (κ3) is 56.7. The first-order valence-corrected chi connectivity index (χ1v) is 29.3. The smallest absolute Gasteiger partial charge is 0.220 e. The number of hydrogen-bond donors (Lipinski definition) is 3. The van der Waals surface area contributed by atoms with Gasteiger partial charge in [0.05, 0.1) is 18.8 Å². The van der Waals surface area contributed by atoms with Crippen molar-refractivity contribution in [2.24, 2.45) is 0 Å². The number of aliphatic hydroxyl groups excluding tert-OH is 2. The molecule has 0 fully saturated rings. The van der Waals surface area contributed by atoms with Crippen LogP contribution in [0.5, 0.6) is 0 Å². The molecule has 0 aliphatic rings. The molecule has 0 spiro atoms. The number of aliphatic hydroxyl groups is 2. The Balaban J connectivity index is 3.70. The summed E-state index contributed by atoms with van der Waals surface area (Å²) in [7, 11) is 0. The fourth-order valence-electron chi connectivity index (χ4n) is 7.74. The zero-order valence-electron chi connectivity index (χ0n) is 46.4. The second-order valence-corrected chi connectivity index (χ2v) is 19.0. The molecule has 0 aromatic heterocycles. The molecule has 3 N–H and O–H groups in total. The second-order valence-electron chi connectivity index (χ2n) is 19.0. The third-order valence-electron chi connectivity index (χ3n) is 12.2. The predicted octanol–water partition coefficient (Wildman–Crippen LogP) is 19.9. The lowest BCUT2D eigenvalue weighted by Gasteiger charge is -2.19. The Morgan fingerprint density at radius 3 is 0.972 bits per heavy atom. The van der Waals surface area contributed by atoms with Crippen molar-refractivity contribution in [1.29, 1.82) is 0 Å². The van der Waals surface area contributed by atoms with Gasteiger partial charge in [0.25, 0.3) is 0 Å². The van der Waals surface area contributed by atoms with E-state index in [-0.39, 0.29) is 12.5 Å². The van der Waals surface area contributed by atoms with E-state index in [0.29, 0.717) is 6.42 Å². The molecule has 0 bridgehead atoms. The first-order chi connectivity index (χ1) is 35.7.